The lowest BCUT2D eigenvalue weighted by Crippen LogP contribution is -2.50. The molecule has 3 fully saturated rings. The number of rotatable bonds is 4. The molecule has 23 heavy (non-hydrogen) atoms. The van der Waals surface area contributed by atoms with E-state index < -0.39 is 4.87 Å². The van der Waals surface area contributed by atoms with Gasteiger partial charge in [-0.15, -0.1) is 11.6 Å². The molecule has 0 aromatic heterocycles. The molecule has 0 aliphatic heterocycles. The minimum Gasteiger partial charge on any atom is -0.461 e. The SMILES string of the molecule is O=C(OC1CCCCC1)C(Cl)(C1CCCCC1)C1CCCCC1. The molecule has 3 rings (SSSR count). The Morgan fingerprint density at radius 2 is 1.09 bits per heavy atom. The molecule has 0 N–H and O–H groups in total. The second kappa shape index (κ2) is 8.23. The quantitative estimate of drug-likeness (QED) is 0.463. The third-order valence-electron chi connectivity index (χ3n) is 6.54. The van der Waals surface area contributed by atoms with E-state index in [1.165, 1.54) is 57.8 Å². The Kier molecular flexibility index (Phi) is 6.29. The van der Waals surface area contributed by atoms with Crippen molar-refractivity contribution in [2.45, 2.75) is 107 Å². The molecule has 3 aliphatic rings. The average Bonchev–Trinajstić information content (AvgIpc) is 2.63. The van der Waals surface area contributed by atoms with Crippen LogP contribution < -0.4 is 0 Å². The van der Waals surface area contributed by atoms with Crippen LogP contribution >= 0.6 is 11.6 Å². The molecule has 0 spiro atoms. The summed E-state index contributed by atoms with van der Waals surface area (Å²) >= 11 is 7.19. The minimum atomic E-state index is -0.738. The Hall–Kier alpha value is -0.240. The molecule has 0 radical (unpaired) electrons. The van der Waals surface area contributed by atoms with E-state index in [-0.39, 0.29) is 12.1 Å². The van der Waals surface area contributed by atoms with Gasteiger partial charge in [0.2, 0.25) is 0 Å². The number of esters is 1. The van der Waals surface area contributed by atoms with Crippen LogP contribution in [0.15, 0.2) is 0 Å². The van der Waals surface area contributed by atoms with Crippen LogP contribution in [0.3, 0.4) is 0 Å². The van der Waals surface area contributed by atoms with E-state index in [1.807, 2.05) is 0 Å². The van der Waals surface area contributed by atoms with Crippen LogP contribution in [0.1, 0.15) is 96.3 Å². The monoisotopic (exact) mass is 340 g/mol. The molecule has 3 aliphatic carbocycles. The van der Waals surface area contributed by atoms with Gasteiger partial charge in [-0.2, -0.15) is 0 Å². The summed E-state index contributed by atoms with van der Waals surface area (Å²) in [7, 11) is 0. The molecule has 0 heterocycles. The molecule has 0 amide bonds. The van der Waals surface area contributed by atoms with Crippen LogP contribution in [-0.2, 0) is 9.53 Å². The largest absolute Gasteiger partial charge is 0.461 e. The van der Waals surface area contributed by atoms with Crippen molar-refractivity contribution in [2.75, 3.05) is 0 Å². The van der Waals surface area contributed by atoms with Crippen molar-refractivity contribution in [3.63, 3.8) is 0 Å². The van der Waals surface area contributed by atoms with Gasteiger partial charge in [0.15, 0.2) is 0 Å². The van der Waals surface area contributed by atoms with Gasteiger partial charge in [-0.3, -0.25) is 4.79 Å². The number of hydrogen-bond donors (Lipinski definition) is 0. The molecule has 0 bridgehead atoms. The maximum absolute atomic E-state index is 13.2. The summed E-state index contributed by atoms with van der Waals surface area (Å²) in [4.78, 5) is 12.4. The summed E-state index contributed by atoms with van der Waals surface area (Å²) in [5.41, 5.74) is 0. The van der Waals surface area contributed by atoms with Gasteiger partial charge in [0.1, 0.15) is 11.0 Å². The normalized spacial score (nSPS) is 26.1. The highest BCUT2D eigenvalue weighted by atomic mass is 35.5. The van der Waals surface area contributed by atoms with Gasteiger partial charge < -0.3 is 4.74 Å². The fraction of sp³-hybridized carbons (Fsp3) is 0.950. The van der Waals surface area contributed by atoms with Gasteiger partial charge in [0, 0.05) is 0 Å². The smallest absolute Gasteiger partial charge is 0.328 e. The highest BCUT2D eigenvalue weighted by molar-refractivity contribution is 6.34. The van der Waals surface area contributed by atoms with Gasteiger partial charge in [-0.1, -0.05) is 44.9 Å². The first kappa shape index (κ1) is 17.6. The van der Waals surface area contributed by atoms with Crippen molar-refractivity contribution < 1.29 is 9.53 Å². The summed E-state index contributed by atoms with van der Waals surface area (Å²) < 4.78 is 5.99. The fourth-order valence-electron chi connectivity index (χ4n) is 5.14. The molecule has 0 unspecified atom stereocenters. The van der Waals surface area contributed by atoms with E-state index in [4.69, 9.17) is 16.3 Å². The summed E-state index contributed by atoms with van der Waals surface area (Å²) in [6, 6.07) is 0. The molecular weight excluding hydrogens is 308 g/mol. The van der Waals surface area contributed by atoms with Gasteiger partial charge in [0.05, 0.1) is 0 Å². The minimum absolute atomic E-state index is 0.0649. The number of carbonyl (C=O) groups excluding carboxylic acids is 1. The van der Waals surface area contributed by atoms with Gasteiger partial charge in [0.25, 0.3) is 0 Å². The summed E-state index contributed by atoms with van der Waals surface area (Å²) in [6.07, 6.45) is 17.8. The first-order valence-corrected chi connectivity index (χ1v) is 10.5. The van der Waals surface area contributed by atoms with Crippen LogP contribution in [0, 0.1) is 11.8 Å². The topological polar surface area (TPSA) is 26.3 Å². The number of carbonyl (C=O) groups is 1. The zero-order valence-corrected chi connectivity index (χ0v) is 15.3. The summed E-state index contributed by atoms with van der Waals surface area (Å²) in [5, 5.41) is 0. The molecule has 0 saturated heterocycles. The van der Waals surface area contributed by atoms with Gasteiger partial charge in [-0.05, 0) is 63.2 Å². The molecule has 2 nitrogen and oxygen atoms in total. The van der Waals surface area contributed by atoms with Crippen LogP contribution in [0.2, 0.25) is 0 Å². The van der Waals surface area contributed by atoms with Crippen LogP contribution in [0.4, 0.5) is 0 Å². The third kappa shape index (κ3) is 4.06. The molecule has 0 aromatic carbocycles. The molecule has 3 heteroatoms. The Bertz CT molecular complexity index is 359. The number of hydrogen-bond acceptors (Lipinski definition) is 2. The maximum Gasteiger partial charge on any atom is 0.328 e. The van der Waals surface area contributed by atoms with Crippen molar-refractivity contribution in [1.29, 1.82) is 0 Å². The van der Waals surface area contributed by atoms with E-state index in [0.29, 0.717) is 11.8 Å². The van der Waals surface area contributed by atoms with Gasteiger partial charge >= 0.3 is 5.97 Å². The van der Waals surface area contributed by atoms with Crippen LogP contribution in [0.5, 0.6) is 0 Å². The van der Waals surface area contributed by atoms with Crippen molar-refractivity contribution in [1.82, 2.24) is 0 Å². The molecular formula is C20H33ClO2. The van der Waals surface area contributed by atoms with Crippen molar-refractivity contribution >= 4 is 17.6 Å². The standard InChI is InChI=1S/C20H33ClO2/c21-20(16-10-4-1-5-11-16,17-12-6-2-7-13-17)19(22)23-18-14-8-3-9-15-18/h16-18H,1-15H2. The highest BCUT2D eigenvalue weighted by Gasteiger charge is 2.51. The zero-order valence-electron chi connectivity index (χ0n) is 14.5. The summed E-state index contributed by atoms with van der Waals surface area (Å²) in [6.45, 7) is 0. The first-order chi connectivity index (χ1) is 11.2. The fourth-order valence-corrected chi connectivity index (χ4v) is 5.62. The molecule has 132 valence electrons. The Balaban J connectivity index is 1.73. The Morgan fingerprint density at radius 1 is 0.696 bits per heavy atom. The molecule has 0 atom stereocenters. The Morgan fingerprint density at radius 3 is 1.52 bits per heavy atom. The van der Waals surface area contributed by atoms with E-state index in [2.05, 4.69) is 0 Å². The lowest BCUT2D eigenvalue weighted by molar-refractivity contribution is -0.158. The highest BCUT2D eigenvalue weighted by Crippen LogP contribution is 2.48. The predicted molar refractivity (Wildman–Crippen MR) is 94.7 cm³/mol. The number of alkyl halides is 1. The lowest BCUT2D eigenvalue weighted by atomic mass is 9.69. The second-order valence-electron chi connectivity index (χ2n) is 8.10. The van der Waals surface area contributed by atoms with Crippen LogP contribution in [0.25, 0.3) is 0 Å². The van der Waals surface area contributed by atoms with E-state index in [1.54, 1.807) is 0 Å². The van der Waals surface area contributed by atoms with Crippen LogP contribution in [-0.4, -0.2) is 16.9 Å². The Labute approximate surface area is 146 Å². The van der Waals surface area contributed by atoms with E-state index in [0.717, 1.165) is 38.5 Å². The maximum atomic E-state index is 13.2. The van der Waals surface area contributed by atoms with Crippen molar-refractivity contribution in [3.05, 3.63) is 0 Å². The van der Waals surface area contributed by atoms with Crippen molar-refractivity contribution in [2.24, 2.45) is 11.8 Å². The van der Waals surface area contributed by atoms with Gasteiger partial charge in [-0.25, -0.2) is 0 Å². The number of halogens is 1. The summed E-state index contributed by atoms with van der Waals surface area (Å²) in [5.74, 6) is 0.596. The van der Waals surface area contributed by atoms with E-state index >= 15 is 0 Å². The zero-order chi connectivity index (χ0) is 16.1. The number of ether oxygens (including phenoxy) is 1. The third-order valence-corrected chi connectivity index (χ3v) is 7.31. The molecule has 3 saturated carbocycles. The lowest BCUT2D eigenvalue weighted by Gasteiger charge is -2.43. The van der Waals surface area contributed by atoms with Crippen molar-refractivity contribution in [3.8, 4) is 0 Å². The van der Waals surface area contributed by atoms with E-state index in [9.17, 15) is 4.79 Å². The second-order valence-corrected chi connectivity index (χ2v) is 8.73. The molecule has 0 aromatic rings. The first-order valence-electron chi connectivity index (χ1n) is 10.1. The average molecular weight is 341 g/mol. The predicted octanol–water partition coefficient (Wildman–Crippen LogP) is 6.00.